The zero-order chi connectivity index (χ0) is 34.2. The van der Waals surface area contributed by atoms with E-state index in [0.717, 1.165) is 0 Å². The third-order valence-electron chi connectivity index (χ3n) is 7.65. The minimum atomic E-state index is -2.48. The number of fused-ring (bicyclic) bond motifs is 1. The van der Waals surface area contributed by atoms with E-state index in [0.29, 0.717) is 11.2 Å². The quantitative estimate of drug-likeness (QED) is 0.115. The van der Waals surface area contributed by atoms with Crippen LogP contribution < -0.4 is 5.32 Å². The van der Waals surface area contributed by atoms with Crippen LogP contribution in [0.5, 0.6) is 0 Å². The Bertz CT molecular complexity index is 1310. The Morgan fingerprint density at radius 3 is 2.13 bits per heavy atom. The molecule has 2 aromatic heterocycles. The number of hydrogen-bond donors (Lipinski definition) is 2. The standard InChI is InChI=1S/C29H47N5O11Si/c1-17(2)26(38)33-24-21-25(31-15-30-24)34(16-32-21)27-23(22(20(14-35)43-27)45-46(8,9)29(5,6)7)44-28(41-12-10-39-18(3)36)42-13-11-40-19(4)37/h15-17,20,22-23,27-28,35H,10-14H2,1-9H3,(H,30,31,33,38)/t20-,22-,23-,27-/m1/s1. The number of rotatable bonds is 16. The molecule has 46 heavy (non-hydrogen) atoms. The molecule has 1 aliphatic rings. The molecule has 0 saturated carbocycles. The summed E-state index contributed by atoms with van der Waals surface area (Å²) >= 11 is 0. The summed E-state index contributed by atoms with van der Waals surface area (Å²) in [7, 11) is -2.48. The van der Waals surface area contributed by atoms with Gasteiger partial charge in [0.2, 0.25) is 5.91 Å². The predicted octanol–water partition coefficient (Wildman–Crippen LogP) is 2.53. The van der Waals surface area contributed by atoms with Gasteiger partial charge in [0.15, 0.2) is 31.5 Å². The molecule has 3 rings (SSSR count). The third kappa shape index (κ3) is 9.73. The Labute approximate surface area is 269 Å². The van der Waals surface area contributed by atoms with Gasteiger partial charge in [-0.3, -0.25) is 19.0 Å². The number of carbonyl (C=O) groups is 3. The van der Waals surface area contributed by atoms with Crippen LogP contribution in [0.25, 0.3) is 11.2 Å². The van der Waals surface area contributed by atoms with Crippen molar-refractivity contribution in [3.8, 4) is 0 Å². The zero-order valence-electron chi connectivity index (χ0n) is 28.0. The number of aromatic nitrogens is 4. The van der Waals surface area contributed by atoms with Gasteiger partial charge < -0.3 is 43.3 Å². The second-order valence-corrected chi connectivity index (χ2v) is 17.3. The SMILES string of the molecule is CC(=O)OCCOC(OCCOC(C)=O)O[C@@H]1[C@H](O[Si](C)(C)C(C)(C)C)[C@@H](CO)O[C@H]1n1cnc2c(NC(=O)C(C)C)ncnc21. The van der Waals surface area contributed by atoms with E-state index in [4.69, 9.17) is 32.8 Å². The van der Waals surface area contributed by atoms with E-state index in [1.54, 1.807) is 18.4 Å². The molecule has 1 aliphatic heterocycles. The number of carbonyl (C=O) groups excluding carboxylic acids is 3. The number of hydrogen-bond acceptors (Lipinski definition) is 14. The van der Waals surface area contributed by atoms with Gasteiger partial charge in [-0.2, -0.15) is 0 Å². The van der Waals surface area contributed by atoms with E-state index in [1.165, 1.54) is 26.5 Å². The lowest BCUT2D eigenvalue weighted by Crippen LogP contribution is -2.51. The largest absolute Gasteiger partial charge is 0.463 e. The fourth-order valence-electron chi connectivity index (χ4n) is 4.19. The molecule has 3 heterocycles. The molecule has 0 spiro atoms. The Morgan fingerprint density at radius 2 is 1.61 bits per heavy atom. The van der Waals surface area contributed by atoms with Crippen molar-refractivity contribution in [2.24, 2.45) is 5.92 Å². The van der Waals surface area contributed by atoms with E-state index in [9.17, 15) is 19.5 Å². The van der Waals surface area contributed by atoms with Crippen molar-refractivity contribution in [2.45, 2.75) is 97.6 Å². The first kappa shape index (κ1) is 37.4. The first-order valence-electron chi connectivity index (χ1n) is 15.1. The number of anilines is 1. The fraction of sp³-hybridized carbons (Fsp3) is 0.724. The molecule has 1 saturated heterocycles. The number of ether oxygens (including phenoxy) is 6. The van der Waals surface area contributed by atoms with Crippen LogP contribution in [-0.4, -0.2) is 109 Å². The van der Waals surface area contributed by atoms with Gasteiger partial charge in [-0.15, -0.1) is 0 Å². The van der Waals surface area contributed by atoms with Crippen molar-refractivity contribution in [3.05, 3.63) is 12.7 Å². The van der Waals surface area contributed by atoms with E-state index in [1.807, 2.05) is 0 Å². The first-order chi connectivity index (χ1) is 21.6. The van der Waals surface area contributed by atoms with E-state index < -0.39 is 57.9 Å². The Kier molecular flexibility index (Phi) is 13.1. The molecule has 2 aromatic rings. The fourth-order valence-corrected chi connectivity index (χ4v) is 5.51. The molecule has 0 unspecified atom stereocenters. The molecule has 17 heteroatoms. The van der Waals surface area contributed by atoms with Crippen molar-refractivity contribution in [3.63, 3.8) is 0 Å². The molecule has 2 N–H and O–H groups in total. The van der Waals surface area contributed by atoms with Gasteiger partial charge in [0, 0.05) is 19.8 Å². The molecule has 0 aliphatic carbocycles. The highest BCUT2D eigenvalue weighted by molar-refractivity contribution is 6.74. The Morgan fingerprint density at radius 1 is 1.00 bits per heavy atom. The van der Waals surface area contributed by atoms with E-state index in [2.05, 4.69) is 54.1 Å². The van der Waals surface area contributed by atoms with Gasteiger partial charge >= 0.3 is 11.9 Å². The van der Waals surface area contributed by atoms with Gasteiger partial charge in [-0.05, 0) is 18.1 Å². The summed E-state index contributed by atoms with van der Waals surface area (Å²) in [4.78, 5) is 48.1. The monoisotopic (exact) mass is 669 g/mol. The van der Waals surface area contributed by atoms with Gasteiger partial charge in [0.1, 0.15) is 37.9 Å². The van der Waals surface area contributed by atoms with Crippen LogP contribution >= 0.6 is 0 Å². The van der Waals surface area contributed by atoms with Crippen LogP contribution in [0.1, 0.15) is 54.7 Å². The lowest BCUT2D eigenvalue weighted by Gasteiger charge is -2.40. The summed E-state index contributed by atoms with van der Waals surface area (Å²) in [6, 6.07) is 0. The molecule has 16 nitrogen and oxygen atoms in total. The van der Waals surface area contributed by atoms with E-state index in [-0.39, 0.29) is 49.1 Å². The number of aliphatic hydroxyl groups is 1. The van der Waals surface area contributed by atoms with Crippen LogP contribution in [0.15, 0.2) is 12.7 Å². The molecule has 0 aromatic carbocycles. The number of aliphatic hydroxyl groups excluding tert-OH is 1. The van der Waals surface area contributed by atoms with Crippen LogP contribution in [0.2, 0.25) is 18.1 Å². The molecular formula is C29H47N5O11Si. The van der Waals surface area contributed by atoms with Crippen LogP contribution in [0, 0.1) is 5.92 Å². The number of imidazole rings is 1. The molecular weight excluding hydrogens is 622 g/mol. The van der Waals surface area contributed by atoms with Crippen LogP contribution in [0.3, 0.4) is 0 Å². The highest BCUT2D eigenvalue weighted by Crippen LogP contribution is 2.43. The highest BCUT2D eigenvalue weighted by Gasteiger charge is 2.52. The van der Waals surface area contributed by atoms with Crippen molar-refractivity contribution in [1.29, 1.82) is 0 Å². The summed E-state index contributed by atoms with van der Waals surface area (Å²) in [6.07, 6.45) is -0.768. The average Bonchev–Trinajstić information content (AvgIpc) is 3.53. The van der Waals surface area contributed by atoms with Gasteiger partial charge in [0.25, 0.3) is 6.48 Å². The molecule has 1 fully saturated rings. The van der Waals surface area contributed by atoms with Crippen molar-refractivity contribution < 1.29 is 52.3 Å². The predicted molar refractivity (Wildman–Crippen MR) is 166 cm³/mol. The normalized spacial score (nSPS) is 20.4. The third-order valence-corrected chi connectivity index (χ3v) is 12.1. The smallest absolute Gasteiger partial charge is 0.302 e. The maximum Gasteiger partial charge on any atom is 0.302 e. The second kappa shape index (κ2) is 16.2. The summed E-state index contributed by atoms with van der Waals surface area (Å²) < 4.78 is 42.7. The summed E-state index contributed by atoms with van der Waals surface area (Å²) in [5.41, 5.74) is 0.653. The van der Waals surface area contributed by atoms with Crippen LogP contribution in [0.4, 0.5) is 5.82 Å². The maximum absolute atomic E-state index is 12.4. The summed E-state index contributed by atoms with van der Waals surface area (Å²) in [5, 5.41) is 13.0. The zero-order valence-corrected chi connectivity index (χ0v) is 29.0. The molecule has 0 bridgehead atoms. The summed E-state index contributed by atoms with van der Waals surface area (Å²) in [5.74, 6) is -1.26. The molecule has 1 amide bonds. The molecule has 4 atom stereocenters. The number of esters is 2. The maximum atomic E-state index is 12.4. The number of amides is 1. The van der Waals surface area contributed by atoms with Gasteiger partial charge in [-0.1, -0.05) is 34.6 Å². The Hall–Kier alpha value is -3.06. The molecule has 258 valence electrons. The van der Waals surface area contributed by atoms with E-state index >= 15 is 0 Å². The molecule has 0 radical (unpaired) electrons. The lowest BCUT2D eigenvalue weighted by molar-refractivity contribution is -0.320. The van der Waals surface area contributed by atoms with Crippen molar-refractivity contribution in [1.82, 2.24) is 19.5 Å². The number of nitrogens with zero attached hydrogens (tertiary/aromatic N) is 4. The minimum Gasteiger partial charge on any atom is -0.463 e. The summed E-state index contributed by atoms with van der Waals surface area (Å²) in [6.45, 7) is 14.4. The van der Waals surface area contributed by atoms with Crippen molar-refractivity contribution in [2.75, 3.05) is 38.4 Å². The number of nitrogens with one attached hydrogen (secondary N) is 1. The topological polar surface area (TPSA) is 192 Å². The van der Waals surface area contributed by atoms with Gasteiger partial charge in [-0.25, -0.2) is 15.0 Å². The van der Waals surface area contributed by atoms with Gasteiger partial charge in [0.05, 0.1) is 26.1 Å². The van der Waals surface area contributed by atoms with Crippen molar-refractivity contribution >= 4 is 43.1 Å². The Balaban J connectivity index is 2.02. The minimum absolute atomic E-state index is 0.0653. The lowest BCUT2D eigenvalue weighted by atomic mass is 10.1. The average molecular weight is 670 g/mol. The highest BCUT2D eigenvalue weighted by atomic mass is 28.4. The van der Waals surface area contributed by atoms with Crippen LogP contribution in [-0.2, 0) is 47.2 Å². The second-order valence-electron chi connectivity index (χ2n) is 12.6. The first-order valence-corrected chi connectivity index (χ1v) is 18.0.